The van der Waals surface area contributed by atoms with Gasteiger partial charge in [0.15, 0.2) is 5.71 Å². The van der Waals surface area contributed by atoms with Gasteiger partial charge in [0.2, 0.25) is 0 Å². The smallest absolute Gasteiger partial charge is 0.271 e. The first-order valence-corrected chi connectivity index (χ1v) is 5.95. The fourth-order valence-electron chi connectivity index (χ4n) is 1.68. The van der Waals surface area contributed by atoms with Crippen LogP contribution in [0.25, 0.3) is 0 Å². The predicted octanol–water partition coefficient (Wildman–Crippen LogP) is 2.31. The number of nitrogens with zero attached hydrogens (tertiary/aromatic N) is 1. The molecule has 0 atom stereocenters. The Morgan fingerprint density at radius 1 is 1.05 bits per heavy atom. The van der Waals surface area contributed by atoms with E-state index < -0.39 is 5.91 Å². The van der Waals surface area contributed by atoms with Gasteiger partial charge >= 0.3 is 0 Å². The maximum absolute atomic E-state index is 11.5. The van der Waals surface area contributed by atoms with Gasteiger partial charge in [-0.25, -0.2) is 0 Å². The molecule has 0 saturated heterocycles. The van der Waals surface area contributed by atoms with Crippen LogP contribution in [0.1, 0.15) is 5.56 Å². The molecule has 5 nitrogen and oxygen atoms in total. The zero-order valence-electron chi connectivity index (χ0n) is 10.9. The second-order valence-corrected chi connectivity index (χ2v) is 3.90. The molecule has 0 saturated carbocycles. The molecule has 2 rings (SSSR count). The van der Waals surface area contributed by atoms with Crippen LogP contribution in [0.15, 0.2) is 59.8 Å². The minimum absolute atomic E-state index is 0.0130. The highest BCUT2D eigenvalue weighted by Crippen LogP contribution is 2.25. The highest BCUT2D eigenvalue weighted by atomic mass is 16.6. The van der Waals surface area contributed by atoms with Crippen LogP contribution < -0.4 is 10.5 Å². The molecule has 20 heavy (non-hydrogen) atoms. The summed E-state index contributed by atoms with van der Waals surface area (Å²) in [5, 5.41) is 3.66. The molecule has 1 amide bonds. The topological polar surface area (TPSA) is 73.9 Å². The number of primary amides is 1. The number of carbonyl (C=O) groups excluding carboxylic acids is 1. The highest BCUT2D eigenvalue weighted by molar-refractivity contribution is 6.45. The van der Waals surface area contributed by atoms with Crippen LogP contribution in [0.5, 0.6) is 11.5 Å². The number of hydrogen-bond donors (Lipinski definition) is 1. The van der Waals surface area contributed by atoms with E-state index >= 15 is 0 Å². The van der Waals surface area contributed by atoms with E-state index in [1.807, 2.05) is 30.3 Å². The van der Waals surface area contributed by atoms with Crippen molar-refractivity contribution in [3.05, 3.63) is 60.2 Å². The zero-order valence-corrected chi connectivity index (χ0v) is 10.9. The number of para-hydroxylation sites is 2. The Bertz CT molecular complexity index is 624. The third-order valence-electron chi connectivity index (χ3n) is 2.53. The Kier molecular flexibility index (Phi) is 4.34. The molecule has 5 heteroatoms. The van der Waals surface area contributed by atoms with E-state index in [1.54, 1.807) is 24.3 Å². The first-order valence-electron chi connectivity index (χ1n) is 5.95. The van der Waals surface area contributed by atoms with Gasteiger partial charge in [0.1, 0.15) is 18.6 Å². The Morgan fingerprint density at radius 3 is 2.35 bits per heavy atom. The number of ether oxygens (including phenoxy) is 1. The maximum Gasteiger partial charge on any atom is 0.271 e. The number of carbonyl (C=O) groups is 1. The minimum Gasteiger partial charge on any atom is -0.457 e. The molecule has 0 aliphatic rings. The van der Waals surface area contributed by atoms with Crippen LogP contribution in [0.2, 0.25) is 0 Å². The molecule has 0 heterocycles. The van der Waals surface area contributed by atoms with Crippen LogP contribution in [-0.2, 0) is 9.63 Å². The van der Waals surface area contributed by atoms with Gasteiger partial charge < -0.3 is 15.3 Å². The second kappa shape index (κ2) is 6.38. The fourth-order valence-corrected chi connectivity index (χ4v) is 1.68. The van der Waals surface area contributed by atoms with Gasteiger partial charge in [-0.2, -0.15) is 0 Å². The predicted molar refractivity (Wildman–Crippen MR) is 75.7 cm³/mol. The quantitative estimate of drug-likeness (QED) is 0.669. The van der Waals surface area contributed by atoms with E-state index in [0.29, 0.717) is 17.1 Å². The van der Waals surface area contributed by atoms with Crippen molar-refractivity contribution in [3.63, 3.8) is 0 Å². The molecule has 0 unspecified atom stereocenters. The molecule has 0 aliphatic carbocycles. The molecule has 0 spiro atoms. The van der Waals surface area contributed by atoms with E-state index in [2.05, 4.69) is 9.99 Å². The number of rotatable bonds is 5. The van der Waals surface area contributed by atoms with Crippen LogP contribution >= 0.6 is 0 Å². The Balaban J connectivity index is 2.40. The maximum atomic E-state index is 11.5. The van der Waals surface area contributed by atoms with E-state index in [1.165, 1.54) is 7.11 Å². The number of oxime groups is 1. The number of nitrogens with two attached hydrogens (primary N) is 1. The summed E-state index contributed by atoms with van der Waals surface area (Å²) in [6.45, 7) is 0. The Hall–Kier alpha value is -2.82. The van der Waals surface area contributed by atoms with Crippen molar-refractivity contribution >= 4 is 11.6 Å². The molecule has 102 valence electrons. The first-order chi connectivity index (χ1) is 9.72. The molecular weight excluding hydrogens is 256 g/mol. The zero-order chi connectivity index (χ0) is 14.4. The van der Waals surface area contributed by atoms with Crippen molar-refractivity contribution in [2.24, 2.45) is 10.9 Å². The van der Waals surface area contributed by atoms with Gasteiger partial charge in [-0.3, -0.25) is 4.79 Å². The first kappa shape index (κ1) is 13.6. The lowest BCUT2D eigenvalue weighted by atomic mass is 10.1. The number of benzene rings is 2. The van der Waals surface area contributed by atoms with Gasteiger partial charge in [-0.15, -0.1) is 0 Å². The summed E-state index contributed by atoms with van der Waals surface area (Å²) in [5.74, 6) is 0.449. The lowest BCUT2D eigenvalue weighted by Crippen LogP contribution is -2.24. The van der Waals surface area contributed by atoms with E-state index in [-0.39, 0.29) is 5.71 Å². The summed E-state index contributed by atoms with van der Waals surface area (Å²) in [6, 6.07) is 16.2. The summed E-state index contributed by atoms with van der Waals surface area (Å²) >= 11 is 0. The van der Waals surface area contributed by atoms with Crippen LogP contribution in [-0.4, -0.2) is 18.7 Å². The summed E-state index contributed by atoms with van der Waals surface area (Å²) in [6.07, 6.45) is 0. The van der Waals surface area contributed by atoms with Crippen LogP contribution in [0.4, 0.5) is 0 Å². The normalized spacial score (nSPS) is 10.9. The highest BCUT2D eigenvalue weighted by Gasteiger charge is 2.16. The molecule has 0 radical (unpaired) electrons. The van der Waals surface area contributed by atoms with Gasteiger partial charge in [0.25, 0.3) is 5.91 Å². The van der Waals surface area contributed by atoms with Crippen molar-refractivity contribution in [2.45, 2.75) is 0 Å². The van der Waals surface area contributed by atoms with Crippen molar-refractivity contribution in [1.82, 2.24) is 0 Å². The SMILES string of the molecule is CON=C(C(N)=O)c1ccccc1Oc1ccccc1. The van der Waals surface area contributed by atoms with Gasteiger partial charge in [-0.05, 0) is 24.3 Å². The third-order valence-corrected chi connectivity index (χ3v) is 2.53. The molecule has 0 aromatic heterocycles. The average Bonchev–Trinajstić information content (AvgIpc) is 2.46. The lowest BCUT2D eigenvalue weighted by molar-refractivity contribution is -0.112. The molecule has 0 bridgehead atoms. The second-order valence-electron chi connectivity index (χ2n) is 3.90. The van der Waals surface area contributed by atoms with Gasteiger partial charge in [0.05, 0.1) is 5.56 Å². The number of hydrogen-bond acceptors (Lipinski definition) is 4. The Morgan fingerprint density at radius 2 is 1.70 bits per heavy atom. The van der Waals surface area contributed by atoms with Crippen molar-refractivity contribution in [1.29, 1.82) is 0 Å². The van der Waals surface area contributed by atoms with Crippen molar-refractivity contribution in [2.75, 3.05) is 7.11 Å². The van der Waals surface area contributed by atoms with E-state index in [4.69, 9.17) is 10.5 Å². The van der Waals surface area contributed by atoms with E-state index in [9.17, 15) is 4.79 Å². The summed E-state index contributed by atoms with van der Waals surface area (Å²) in [5.41, 5.74) is 5.80. The van der Waals surface area contributed by atoms with Crippen LogP contribution in [0, 0.1) is 0 Å². The standard InChI is InChI=1S/C15H14N2O3/c1-19-17-14(15(16)18)12-9-5-6-10-13(12)20-11-7-3-2-4-8-11/h2-10H,1H3,(H2,16,18). The summed E-state index contributed by atoms with van der Waals surface area (Å²) < 4.78 is 5.74. The van der Waals surface area contributed by atoms with Crippen LogP contribution in [0.3, 0.4) is 0 Å². The molecule has 2 aromatic carbocycles. The molecular formula is C15H14N2O3. The van der Waals surface area contributed by atoms with Crippen molar-refractivity contribution < 1.29 is 14.4 Å². The van der Waals surface area contributed by atoms with Gasteiger partial charge in [-0.1, -0.05) is 35.5 Å². The fraction of sp³-hybridized carbons (Fsp3) is 0.0667. The largest absolute Gasteiger partial charge is 0.457 e. The van der Waals surface area contributed by atoms with Gasteiger partial charge in [0, 0.05) is 0 Å². The van der Waals surface area contributed by atoms with E-state index in [0.717, 1.165) is 0 Å². The number of amides is 1. The third kappa shape index (κ3) is 3.14. The minimum atomic E-state index is -0.684. The summed E-state index contributed by atoms with van der Waals surface area (Å²) in [4.78, 5) is 16.1. The molecule has 2 aromatic rings. The summed E-state index contributed by atoms with van der Waals surface area (Å²) in [7, 11) is 1.35. The molecule has 2 N–H and O–H groups in total. The molecule has 0 aliphatic heterocycles. The Labute approximate surface area is 116 Å². The lowest BCUT2D eigenvalue weighted by Gasteiger charge is -2.10. The average molecular weight is 270 g/mol. The molecule has 0 fully saturated rings. The monoisotopic (exact) mass is 270 g/mol. The van der Waals surface area contributed by atoms with Crippen molar-refractivity contribution in [3.8, 4) is 11.5 Å².